The fourth-order valence-electron chi connectivity index (χ4n) is 3.32. The van der Waals surface area contributed by atoms with Crippen LogP contribution in [0.2, 0.25) is 0 Å². The van der Waals surface area contributed by atoms with E-state index in [9.17, 15) is 13.2 Å². The fraction of sp³-hybridized carbons (Fsp3) is 0.350. The molecule has 0 saturated carbocycles. The van der Waals surface area contributed by atoms with Crippen LogP contribution in [0.1, 0.15) is 42.1 Å². The molecule has 1 aliphatic rings. The van der Waals surface area contributed by atoms with Crippen molar-refractivity contribution in [2.24, 2.45) is 0 Å². The van der Waals surface area contributed by atoms with Crippen molar-refractivity contribution in [2.45, 2.75) is 44.0 Å². The SMILES string of the molecule is Cc1cc(Br)ccc1NC(=O)c1cccc(S(=O)(=O)N2CCCCC2C)c1. The average molecular weight is 451 g/mol. The Labute approximate surface area is 169 Å². The van der Waals surface area contributed by atoms with Gasteiger partial charge in [-0.15, -0.1) is 0 Å². The predicted molar refractivity (Wildman–Crippen MR) is 110 cm³/mol. The third-order valence-corrected chi connectivity index (χ3v) is 7.38. The van der Waals surface area contributed by atoms with E-state index >= 15 is 0 Å². The first-order valence-electron chi connectivity index (χ1n) is 8.98. The Morgan fingerprint density at radius 2 is 1.96 bits per heavy atom. The zero-order valence-corrected chi connectivity index (χ0v) is 17.8. The maximum Gasteiger partial charge on any atom is 0.255 e. The zero-order valence-electron chi connectivity index (χ0n) is 15.4. The number of amides is 1. The van der Waals surface area contributed by atoms with Crippen LogP contribution in [0.5, 0.6) is 0 Å². The molecule has 1 atom stereocenters. The van der Waals surface area contributed by atoms with Crippen LogP contribution >= 0.6 is 15.9 Å². The highest BCUT2D eigenvalue weighted by atomic mass is 79.9. The molecule has 0 bridgehead atoms. The van der Waals surface area contributed by atoms with E-state index in [1.54, 1.807) is 22.5 Å². The summed E-state index contributed by atoms with van der Waals surface area (Å²) in [6.07, 6.45) is 2.77. The second-order valence-corrected chi connectivity index (χ2v) is 9.71. The number of hydrogen-bond acceptors (Lipinski definition) is 3. The quantitative estimate of drug-likeness (QED) is 0.741. The van der Waals surface area contributed by atoms with Crippen LogP contribution in [-0.4, -0.2) is 31.2 Å². The summed E-state index contributed by atoms with van der Waals surface area (Å²) in [7, 11) is -3.61. The normalized spacial score (nSPS) is 18.3. The molecule has 2 aromatic carbocycles. The largest absolute Gasteiger partial charge is 0.322 e. The lowest BCUT2D eigenvalue weighted by atomic mass is 10.1. The highest BCUT2D eigenvalue weighted by Gasteiger charge is 2.31. The minimum absolute atomic E-state index is 0.0216. The van der Waals surface area contributed by atoms with Gasteiger partial charge in [-0.1, -0.05) is 28.4 Å². The number of anilines is 1. The first-order chi connectivity index (χ1) is 12.8. The number of rotatable bonds is 4. The lowest BCUT2D eigenvalue weighted by Gasteiger charge is -2.32. The molecular weight excluding hydrogens is 428 g/mol. The van der Waals surface area contributed by atoms with Gasteiger partial charge in [0.05, 0.1) is 4.90 Å². The Balaban J connectivity index is 1.85. The van der Waals surface area contributed by atoms with E-state index in [1.807, 2.05) is 32.0 Å². The van der Waals surface area contributed by atoms with Crippen molar-refractivity contribution in [1.82, 2.24) is 4.31 Å². The van der Waals surface area contributed by atoms with Gasteiger partial charge in [0, 0.05) is 28.3 Å². The maximum atomic E-state index is 13.0. The number of benzene rings is 2. The number of sulfonamides is 1. The number of piperidine rings is 1. The van der Waals surface area contributed by atoms with E-state index in [2.05, 4.69) is 21.2 Å². The molecule has 0 radical (unpaired) electrons. The van der Waals surface area contributed by atoms with Crippen molar-refractivity contribution in [3.8, 4) is 0 Å². The summed E-state index contributed by atoms with van der Waals surface area (Å²) < 4.78 is 28.5. The second kappa shape index (κ2) is 8.12. The Morgan fingerprint density at radius 1 is 1.19 bits per heavy atom. The lowest BCUT2D eigenvalue weighted by Crippen LogP contribution is -2.41. The van der Waals surface area contributed by atoms with Gasteiger partial charge < -0.3 is 5.32 Å². The van der Waals surface area contributed by atoms with Gasteiger partial charge in [-0.3, -0.25) is 4.79 Å². The summed E-state index contributed by atoms with van der Waals surface area (Å²) in [6, 6.07) is 11.8. The van der Waals surface area contributed by atoms with Gasteiger partial charge >= 0.3 is 0 Å². The first kappa shape index (κ1) is 20.0. The maximum absolute atomic E-state index is 13.0. The van der Waals surface area contributed by atoms with Crippen LogP contribution in [0.15, 0.2) is 51.8 Å². The molecule has 1 aliphatic heterocycles. The molecule has 0 spiro atoms. The van der Waals surface area contributed by atoms with Crippen LogP contribution in [0, 0.1) is 6.92 Å². The van der Waals surface area contributed by atoms with Gasteiger partial charge in [-0.25, -0.2) is 8.42 Å². The molecule has 1 fully saturated rings. The topological polar surface area (TPSA) is 66.5 Å². The molecule has 1 saturated heterocycles. The molecule has 7 heteroatoms. The van der Waals surface area contributed by atoms with Crippen molar-refractivity contribution >= 4 is 37.5 Å². The van der Waals surface area contributed by atoms with Crippen LogP contribution in [-0.2, 0) is 10.0 Å². The van der Waals surface area contributed by atoms with Crippen molar-refractivity contribution < 1.29 is 13.2 Å². The molecule has 1 unspecified atom stereocenters. The van der Waals surface area contributed by atoms with Gasteiger partial charge in [0.15, 0.2) is 0 Å². The van der Waals surface area contributed by atoms with Crippen LogP contribution in [0.25, 0.3) is 0 Å². The van der Waals surface area contributed by atoms with E-state index in [0.717, 1.165) is 29.3 Å². The molecule has 5 nitrogen and oxygen atoms in total. The summed E-state index contributed by atoms with van der Waals surface area (Å²) in [6.45, 7) is 4.36. The van der Waals surface area contributed by atoms with E-state index in [0.29, 0.717) is 17.8 Å². The Hall–Kier alpha value is -1.70. The van der Waals surface area contributed by atoms with E-state index in [-0.39, 0.29) is 16.8 Å². The van der Waals surface area contributed by atoms with Crippen LogP contribution in [0.4, 0.5) is 5.69 Å². The minimum Gasteiger partial charge on any atom is -0.322 e. The summed E-state index contributed by atoms with van der Waals surface area (Å²) in [4.78, 5) is 12.8. The highest BCUT2D eigenvalue weighted by Crippen LogP contribution is 2.26. The number of nitrogens with one attached hydrogen (secondary N) is 1. The molecule has 1 amide bonds. The zero-order chi connectivity index (χ0) is 19.6. The molecule has 0 aliphatic carbocycles. The fourth-order valence-corrected chi connectivity index (χ4v) is 5.55. The van der Waals surface area contributed by atoms with E-state index < -0.39 is 10.0 Å². The molecule has 2 aromatic rings. The van der Waals surface area contributed by atoms with Crippen LogP contribution < -0.4 is 5.32 Å². The Morgan fingerprint density at radius 3 is 2.67 bits per heavy atom. The Kier molecular flexibility index (Phi) is 6.03. The second-order valence-electron chi connectivity index (χ2n) is 6.90. The van der Waals surface area contributed by atoms with Gasteiger partial charge in [0.2, 0.25) is 10.0 Å². The molecule has 144 valence electrons. The molecule has 1 heterocycles. The number of carbonyl (C=O) groups is 1. The minimum atomic E-state index is -3.61. The van der Waals surface area contributed by atoms with E-state index in [1.165, 1.54) is 6.07 Å². The van der Waals surface area contributed by atoms with Crippen LogP contribution in [0.3, 0.4) is 0 Å². The summed E-state index contributed by atoms with van der Waals surface area (Å²) in [5.41, 5.74) is 1.94. The van der Waals surface area contributed by atoms with Gasteiger partial charge in [0.1, 0.15) is 0 Å². The van der Waals surface area contributed by atoms with Gasteiger partial charge in [-0.2, -0.15) is 4.31 Å². The summed E-state index contributed by atoms with van der Waals surface area (Å²) in [5.74, 6) is -0.329. The van der Waals surface area contributed by atoms with E-state index in [4.69, 9.17) is 0 Å². The van der Waals surface area contributed by atoms with Crippen molar-refractivity contribution in [2.75, 3.05) is 11.9 Å². The standard InChI is InChI=1S/C20H23BrN2O3S/c1-14-12-17(21)9-10-19(14)22-20(24)16-7-5-8-18(13-16)27(25,26)23-11-4-3-6-15(23)2/h5,7-10,12-13,15H,3-4,6,11H2,1-2H3,(H,22,24). The number of carbonyl (C=O) groups excluding carboxylic acids is 1. The number of aryl methyl sites for hydroxylation is 1. The van der Waals surface area contributed by atoms with Crippen molar-refractivity contribution in [1.29, 1.82) is 0 Å². The summed E-state index contributed by atoms with van der Waals surface area (Å²) >= 11 is 3.40. The van der Waals surface area contributed by atoms with Crippen molar-refractivity contribution in [3.63, 3.8) is 0 Å². The highest BCUT2D eigenvalue weighted by molar-refractivity contribution is 9.10. The first-order valence-corrected chi connectivity index (χ1v) is 11.2. The molecule has 3 rings (SSSR count). The molecule has 0 aromatic heterocycles. The number of halogens is 1. The monoisotopic (exact) mass is 450 g/mol. The van der Waals surface area contributed by atoms with Crippen molar-refractivity contribution in [3.05, 3.63) is 58.1 Å². The number of nitrogens with zero attached hydrogens (tertiary/aromatic N) is 1. The Bertz CT molecular complexity index is 959. The molecule has 1 N–H and O–H groups in total. The predicted octanol–water partition coefficient (Wildman–Crippen LogP) is 4.57. The van der Waals surface area contributed by atoms with Gasteiger partial charge in [0.25, 0.3) is 5.91 Å². The molecule has 27 heavy (non-hydrogen) atoms. The summed E-state index contributed by atoms with van der Waals surface area (Å²) in [5, 5.41) is 2.85. The smallest absolute Gasteiger partial charge is 0.255 e. The third-order valence-electron chi connectivity index (χ3n) is 4.88. The molecular formula is C20H23BrN2O3S. The lowest BCUT2D eigenvalue weighted by molar-refractivity contribution is 0.102. The average Bonchev–Trinajstić information content (AvgIpc) is 2.64. The number of hydrogen-bond donors (Lipinski definition) is 1. The third kappa shape index (κ3) is 4.42. The van der Waals surface area contributed by atoms with Gasteiger partial charge in [-0.05, 0) is 68.7 Å².